The zero-order valence-corrected chi connectivity index (χ0v) is 21.5. The van der Waals surface area contributed by atoms with Gasteiger partial charge in [0.15, 0.2) is 11.5 Å². The average Bonchev–Trinajstić information content (AvgIpc) is 3.51. The standard InChI is InChI=1S/C26H38N6O4/c1-19-15-23(35-27-19)17-29-7-11-31(12-8-29)25(33)21-3-5-22(6-4-21)26(34)32-13-9-30(10-14-32)18-24-16-20(2)28-36-24/h15-16,21-22H,3-14,17-18H2,1-2H3. The Morgan fingerprint density at radius 1 is 0.694 bits per heavy atom. The van der Waals surface area contributed by atoms with Gasteiger partial charge in [-0.2, -0.15) is 0 Å². The fraction of sp³-hybridized carbons (Fsp3) is 0.692. The van der Waals surface area contributed by atoms with E-state index in [1.165, 1.54) is 0 Å². The summed E-state index contributed by atoms with van der Waals surface area (Å²) in [5.41, 5.74) is 1.79. The van der Waals surface area contributed by atoms with E-state index in [0.29, 0.717) is 0 Å². The topological polar surface area (TPSA) is 99.2 Å². The van der Waals surface area contributed by atoms with E-state index >= 15 is 0 Å². The lowest BCUT2D eigenvalue weighted by atomic mass is 9.80. The van der Waals surface area contributed by atoms with Crippen LogP contribution in [0.25, 0.3) is 0 Å². The molecule has 2 aromatic heterocycles. The highest BCUT2D eigenvalue weighted by atomic mass is 16.5. The molecule has 36 heavy (non-hydrogen) atoms. The van der Waals surface area contributed by atoms with Crippen molar-refractivity contribution in [3.05, 3.63) is 35.0 Å². The first-order chi connectivity index (χ1) is 17.4. The number of nitrogens with zero attached hydrogens (tertiary/aromatic N) is 6. The van der Waals surface area contributed by atoms with Crippen molar-refractivity contribution in [3.8, 4) is 0 Å². The molecule has 2 aromatic rings. The van der Waals surface area contributed by atoms with Crippen LogP contribution in [0.2, 0.25) is 0 Å². The lowest BCUT2D eigenvalue weighted by molar-refractivity contribution is -0.143. The number of carbonyl (C=O) groups is 2. The van der Waals surface area contributed by atoms with Crippen LogP contribution in [0.1, 0.15) is 48.6 Å². The van der Waals surface area contributed by atoms with Crippen LogP contribution in [0.5, 0.6) is 0 Å². The second-order valence-electron chi connectivity index (χ2n) is 10.6. The molecule has 0 atom stereocenters. The summed E-state index contributed by atoms with van der Waals surface area (Å²) >= 11 is 0. The normalized spacial score (nSPS) is 24.3. The van der Waals surface area contributed by atoms with Gasteiger partial charge in [-0.05, 0) is 39.5 Å². The summed E-state index contributed by atoms with van der Waals surface area (Å²) in [6.45, 7) is 11.7. The average molecular weight is 499 g/mol. The van der Waals surface area contributed by atoms with Crippen molar-refractivity contribution in [2.24, 2.45) is 11.8 Å². The summed E-state index contributed by atoms with van der Waals surface area (Å²) < 4.78 is 10.7. The number of aryl methyl sites for hydroxylation is 2. The van der Waals surface area contributed by atoms with E-state index in [4.69, 9.17) is 9.05 Å². The maximum Gasteiger partial charge on any atom is 0.225 e. The second-order valence-corrected chi connectivity index (χ2v) is 10.6. The summed E-state index contributed by atoms with van der Waals surface area (Å²) in [6, 6.07) is 3.94. The van der Waals surface area contributed by atoms with Gasteiger partial charge in [-0.25, -0.2) is 0 Å². The third-order valence-corrected chi connectivity index (χ3v) is 7.91. The van der Waals surface area contributed by atoms with Crippen molar-refractivity contribution in [1.82, 2.24) is 29.9 Å². The molecule has 0 aromatic carbocycles. The van der Waals surface area contributed by atoms with Gasteiger partial charge in [0.25, 0.3) is 0 Å². The van der Waals surface area contributed by atoms with E-state index in [9.17, 15) is 9.59 Å². The van der Waals surface area contributed by atoms with Crippen LogP contribution in [0.15, 0.2) is 21.2 Å². The van der Waals surface area contributed by atoms with Crippen molar-refractivity contribution in [2.45, 2.75) is 52.6 Å². The molecule has 2 aliphatic heterocycles. The van der Waals surface area contributed by atoms with Crippen LogP contribution < -0.4 is 0 Å². The minimum Gasteiger partial charge on any atom is -0.360 e. The Kier molecular flexibility index (Phi) is 7.71. The Hall–Kier alpha value is -2.72. The number of hydrogen-bond donors (Lipinski definition) is 0. The van der Waals surface area contributed by atoms with Gasteiger partial charge in [0.1, 0.15) is 0 Å². The molecule has 4 heterocycles. The predicted octanol–water partition coefficient (Wildman–Crippen LogP) is 2.07. The summed E-state index contributed by atoms with van der Waals surface area (Å²) in [4.78, 5) is 35.0. The Morgan fingerprint density at radius 2 is 1.06 bits per heavy atom. The van der Waals surface area contributed by atoms with Gasteiger partial charge in [-0.1, -0.05) is 10.3 Å². The smallest absolute Gasteiger partial charge is 0.225 e. The fourth-order valence-corrected chi connectivity index (χ4v) is 5.78. The van der Waals surface area contributed by atoms with Crippen LogP contribution in [0.3, 0.4) is 0 Å². The van der Waals surface area contributed by atoms with Crippen molar-refractivity contribution >= 4 is 11.8 Å². The maximum atomic E-state index is 13.2. The highest BCUT2D eigenvalue weighted by molar-refractivity contribution is 5.81. The summed E-state index contributed by atoms with van der Waals surface area (Å²) in [7, 11) is 0. The van der Waals surface area contributed by atoms with Crippen molar-refractivity contribution in [3.63, 3.8) is 0 Å². The second kappa shape index (κ2) is 11.1. The minimum atomic E-state index is 0.0553. The zero-order chi connectivity index (χ0) is 25.1. The molecule has 10 nitrogen and oxygen atoms in total. The van der Waals surface area contributed by atoms with E-state index in [1.807, 2.05) is 35.8 Å². The van der Waals surface area contributed by atoms with Gasteiger partial charge >= 0.3 is 0 Å². The first-order valence-electron chi connectivity index (χ1n) is 13.3. The van der Waals surface area contributed by atoms with Crippen LogP contribution in [-0.4, -0.2) is 94.1 Å². The molecule has 2 saturated heterocycles. The number of aromatic nitrogens is 2. The number of carbonyl (C=O) groups excluding carboxylic acids is 2. The molecule has 0 spiro atoms. The van der Waals surface area contributed by atoms with Crippen LogP contribution >= 0.6 is 0 Å². The largest absolute Gasteiger partial charge is 0.360 e. The van der Waals surface area contributed by atoms with Gasteiger partial charge in [-0.3, -0.25) is 19.4 Å². The molecule has 1 aliphatic carbocycles. The monoisotopic (exact) mass is 498 g/mol. The van der Waals surface area contributed by atoms with Crippen LogP contribution in [-0.2, 0) is 22.7 Å². The number of rotatable bonds is 6. The molecule has 3 fully saturated rings. The van der Waals surface area contributed by atoms with Crippen molar-refractivity contribution in [1.29, 1.82) is 0 Å². The molecule has 3 aliphatic rings. The van der Waals surface area contributed by atoms with E-state index in [1.54, 1.807) is 0 Å². The van der Waals surface area contributed by atoms with E-state index in [0.717, 1.165) is 114 Å². The molecule has 0 N–H and O–H groups in total. The molecule has 5 rings (SSSR count). The quantitative estimate of drug-likeness (QED) is 0.597. The SMILES string of the molecule is Cc1cc(CN2CCN(C(=O)C3CCC(C(=O)N4CCN(Cc5cc(C)no5)CC4)CC3)CC2)on1. The molecule has 0 unspecified atom stereocenters. The van der Waals surface area contributed by atoms with Crippen molar-refractivity contribution < 1.29 is 18.6 Å². The third kappa shape index (κ3) is 5.98. The Balaban J connectivity index is 1.02. The fourth-order valence-electron chi connectivity index (χ4n) is 5.78. The first-order valence-corrected chi connectivity index (χ1v) is 13.3. The zero-order valence-electron chi connectivity index (χ0n) is 21.5. The molecule has 10 heteroatoms. The molecule has 2 amide bonds. The van der Waals surface area contributed by atoms with Crippen LogP contribution in [0, 0.1) is 25.7 Å². The van der Waals surface area contributed by atoms with Crippen molar-refractivity contribution in [2.75, 3.05) is 52.4 Å². The molecular weight excluding hydrogens is 460 g/mol. The molecule has 196 valence electrons. The molecule has 0 bridgehead atoms. The summed E-state index contributed by atoms with van der Waals surface area (Å²) in [5.74, 6) is 2.40. The van der Waals surface area contributed by atoms with E-state index in [2.05, 4.69) is 20.1 Å². The maximum absolute atomic E-state index is 13.2. The lowest BCUT2D eigenvalue weighted by Gasteiger charge is -2.39. The minimum absolute atomic E-state index is 0.0553. The summed E-state index contributed by atoms with van der Waals surface area (Å²) in [5, 5.41) is 7.91. The lowest BCUT2D eigenvalue weighted by Crippen LogP contribution is -2.51. The Morgan fingerprint density at radius 3 is 1.36 bits per heavy atom. The van der Waals surface area contributed by atoms with Gasteiger partial charge in [0.05, 0.1) is 24.5 Å². The van der Waals surface area contributed by atoms with Crippen LogP contribution in [0.4, 0.5) is 0 Å². The number of piperazine rings is 2. The Bertz CT molecular complexity index is 945. The van der Waals surface area contributed by atoms with E-state index < -0.39 is 0 Å². The predicted molar refractivity (Wildman–Crippen MR) is 132 cm³/mol. The van der Waals surface area contributed by atoms with Gasteiger partial charge in [0.2, 0.25) is 11.8 Å². The highest BCUT2D eigenvalue weighted by Crippen LogP contribution is 2.32. The van der Waals surface area contributed by atoms with Gasteiger partial charge in [-0.15, -0.1) is 0 Å². The Labute approximate surface area is 212 Å². The molecule has 0 radical (unpaired) electrons. The van der Waals surface area contributed by atoms with E-state index in [-0.39, 0.29) is 23.7 Å². The summed E-state index contributed by atoms with van der Waals surface area (Å²) in [6.07, 6.45) is 3.27. The van der Waals surface area contributed by atoms with Gasteiger partial charge < -0.3 is 18.8 Å². The number of hydrogen-bond acceptors (Lipinski definition) is 8. The molecule has 1 saturated carbocycles. The highest BCUT2D eigenvalue weighted by Gasteiger charge is 2.35. The molecular formula is C26H38N6O4. The first kappa shape index (κ1) is 25.0. The third-order valence-electron chi connectivity index (χ3n) is 7.91. The number of amides is 2. The van der Waals surface area contributed by atoms with Gasteiger partial charge in [0, 0.05) is 76.3 Å².